The number of hydrogen-bond donors (Lipinski definition) is 0. The Kier molecular flexibility index (Phi) is 6.83. The molecule has 0 spiro atoms. The molecule has 0 aliphatic heterocycles. The quantitative estimate of drug-likeness (QED) is 0.409. The van der Waals surface area contributed by atoms with Crippen LogP contribution in [0.25, 0.3) is 11.2 Å². The molecule has 0 bridgehead atoms. The van der Waals surface area contributed by atoms with Gasteiger partial charge >= 0.3 is 0 Å². The number of rotatable bonds is 6. The number of benzene rings is 1. The molecule has 0 amide bonds. The summed E-state index contributed by atoms with van der Waals surface area (Å²) < 4.78 is 0. The molecule has 2 aromatic heterocycles. The Labute approximate surface area is 182 Å². The summed E-state index contributed by atoms with van der Waals surface area (Å²) in [7, 11) is 7.47. The lowest BCUT2D eigenvalue weighted by Gasteiger charge is -2.07. The number of aliphatic imine (C=N–C) groups is 2. The Morgan fingerprint density at radius 2 is 1.66 bits per heavy atom. The number of fused-ring (bicyclic) bond motifs is 1. The van der Waals surface area contributed by atoms with Gasteiger partial charge in [0, 0.05) is 33.1 Å². The van der Waals surface area contributed by atoms with Crippen molar-refractivity contribution in [1.29, 1.82) is 0 Å². The number of hydrogen-bond acceptors (Lipinski definition) is 7. The van der Waals surface area contributed by atoms with Crippen LogP contribution in [0.3, 0.4) is 0 Å². The summed E-state index contributed by atoms with van der Waals surface area (Å²) in [5, 5.41) is 1.64. The molecule has 0 unspecified atom stereocenters. The summed E-state index contributed by atoms with van der Waals surface area (Å²) in [6.07, 6.45) is 4.89. The fraction of sp³-hybridized carbons (Fsp3) is 0.222. The van der Waals surface area contributed by atoms with Crippen LogP contribution in [0.1, 0.15) is 0 Å². The highest BCUT2D eigenvalue weighted by Gasteiger charge is 2.12. The van der Waals surface area contributed by atoms with Gasteiger partial charge in [-0.25, -0.2) is 20.0 Å². The molecule has 3 rings (SSSR count). The van der Waals surface area contributed by atoms with Gasteiger partial charge in [-0.15, -0.1) is 0 Å². The molecule has 0 aliphatic carbocycles. The van der Waals surface area contributed by atoms with Gasteiger partial charge in [-0.3, -0.25) is 0 Å². The summed E-state index contributed by atoms with van der Waals surface area (Å²) in [6, 6.07) is 5.39. The van der Waals surface area contributed by atoms with Gasteiger partial charge in [-0.1, -0.05) is 35.0 Å². The third-order valence-electron chi connectivity index (χ3n) is 3.28. The minimum Gasteiger partial charge on any atom is -0.369 e. The van der Waals surface area contributed by atoms with Crippen molar-refractivity contribution in [3.63, 3.8) is 0 Å². The molecular formula is C18H18Cl2N8S. The van der Waals surface area contributed by atoms with E-state index in [9.17, 15) is 0 Å². The van der Waals surface area contributed by atoms with Crippen LogP contribution in [0, 0.1) is 0 Å². The van der Waals surface area contributed by atoms with E-state index in [-0.39, 0.29) is 5.95 Å². The van der Waals surface area contributed by atoms with Gasteiger partial charge < -0.3 is 9.80 Å². The van der Waals surface area contributed by atoms with E-state index in [4.69, 9.17) is 23.2 Å². The van der Waals surface area contributed by atoms with Crippen molar-refractivity contribution in [2.45, 2.75) is 9.92 Å². The highest BCUT2D eigenvalue weighted by molar-refractivity contribution is 7.99. The molecule has 29 heavy (non-hydrogen) atoms. The van der Waals surface area contributed by atoms with Gasteiger partial charge in [0.15, 0.2) is 17.0 Å². The van der Waals surface area contributed by atoms with Gasteiger partial charge in [-0.2, -0.15) is 9.97 Å². The van der Waals surface area contributed by atoms with E-state index in [1.54, 1.807) is 40.8 Å². The third kappa shape index (κ3) is 5.75. The average molecular weight is 449 g/mol. The number of halogens is 2. The predicted molar refractivity (Wildman–Crippen MR) is 119 cm³/mol. The molecule has 0 radical (unpaired) electrons. The number of nitrogens with zero attached hydrogens (tertiary/aromatic N) is 8. The Morgan fingerprint density at radius 3 is 2.34 bits per heavy atom. The molecule has 3 aromatic rings. The van der Waals surface area contributed by atoms with E-state index in [0.29, 0.717) is 32.1 Å². The zero-order valence-corrected chi connectivity index (χ0v) is 18.5. The first-order valence-electron chi connectivity index (χ1n) is 8.41. The van der Waals surface area contributed by atoms with E-state index in [1.807, 2.05) is 34.3 Å². The van der Waals surface area contributed by atoms with Crippen molar-refractivity contribution in [3.05, 3.63) is 34.4 Å². The normalized spacial score (nSPS) is 11.7. The molecule has 150 valence electrons. The maximum atomic E-state index is 6.10. The summed E-state index contributed by atoms with van der Waals surface area (Å²) >= 11 is 13.5. The van der Waals surface area contributed by atoms with Crippen LogP contribution in [0.5, 0.6) is 0 Å². The molecule has 0 atom stereocenters. The van der Waals surface area contributed by atoms with Crippen molar-refractivity contribution >= 4 is 70.6 Å². The summed E-state index contributed by atoms with van der Waals surface area (Å²) in [6.45, 7) is 0. The third-order valence-corrected chi connectivity index (χ3v) is 4.92. The van der Waals surface area contributed by atoms with Crippen LogP contribution in [0.4, 0.5) is 11.8 Å². The lowest BCUT2D eigenvalue weighted by molar-refractivity contribution is 0.642. The lowest BCUT2D eigenvalue weighted by atomic mass is 10.4. The van der Waals surface area contributed by atoms with E-state index in [2.05, 4.69) is 29.9 Å². The summed E-state index contributed by atoms with van der Waals surface area (Å²) in [5.74, 6) is 0.648. The minimum absolute atomic E-state index is 0.260. The largest absolute Gasteiger partial charge is 0.369 e. The van der Waals surface area contributed by atoms with Crippen LogP contribution in [-0.2, 0) is 0 Å². The van der Waals surface area contributed by atoms with Gasteiger partial charge in [0.2, 0.25) is 0 Å². The topological polar surface area (TPSA) is 82.8 Å². The Balaban J connectivity index is 2.03. The van der Waals surface area contributed by atoms with Crippen LogP contribution in [0.15, 0.2) is 44.3 Å². The molecule has 0 N–H and O–H groups in total. The minimum atomic E-state index is 0.260. The number of aromatic nitrogens is 4. The predicted octanol–water partition coefficient (Wildman–Crippen LogP) is 4.32. The van der Waals surface area contributed by atoms with Crippen molar-refractivity contribution in [3.8, 4) is 0 Å². The van der Waals surface area contributed by atoms with Gasteiger partial charge in [0.1, 0.15) is 5.03 Å². The van der Waals surface area contributed by atoms with E-state index in [1.165, 1.54) is 11.8 Å². The molecule has 0 saturated carbocycles. The highest BCUT2D eigenvalue weighted by atomic mass is 35.5. The molecule has 0 fully saturated rings. The lowest BCUT2D eigenvalue weighted by Crippen LogP contribution is -2.08. The maximum Gasteiger partial charge on any atom is 0.255 e. The van der Waals surface area contributed by atoms with Crippen molar-refractivity contribution < 1.29 is 0 Å². The molecule has 0 aliphatic rings. The SMILES string of the molecule is CN(C)C=Nc1nc(/N=C/N(C)C)nc2ncc(Sc3ccc(Cl)c(Cl)c3)nc12. The maximum absolute atomic E-state index is 6.10. The summed E-state index contributed by atoms with van der Waals surface area (Å²) in [4.78, 5) is 31.0. The van der Waals surface area contributed by atoms with Crippen LogP contribution >= 0.6 is 35.0 Å². The molecule has 11 heteroatoms. The standard InChI is InChI=1S/C18H18Cl2N8S/c1-27(2)9-22-17-15-16(25-18(26-17)23-10-28(3)4)21-8-14(24-15)29-11-5-6-12(19)13(20)7-11/h5-10H,1-4H3/b22-9?,23-10+. The van der Waals surface area contributed by atoms with Crippen LogP contribution < -0.4 is 0 Å². The smallest absolute Gasteiger partial charge is 0.255 e. The Bertz CT molecular complexity index is 1080. The molecule has 2 heterocycles. The molecule has 1 aromatic carbocycles. The van der Waals surface area contributed by atoms with E-state index < -0.39 is 0 Å². The Hall–Kier alpha value is -2.49. The first-order chi connectivity index (χ1) is 13.8. The van der Waals surface area contributed by atoms with E-state index in [0.717, 1.165) is 4.90 Å². The van der Waals surface area contributed by atoms with Crippen LogP contribution in [-0.4, -0.2) is 70.6 Å². The Morgan fingerprint density at radius 1 is 0.931 bits per heavy atom. The monoisotopic (exact) mass is 448 g/mol. The van der Waals surface area contributed by atoms with Gasteiger partial charge in [0.05, 0.1) is 28.9 Å². The zero-order valence-electron chi connectivity index (χ0n) is 16.2. The van der Waals surface area contributed by atoms with E-state index >= 15 is 0 Å². The average Bonchev–Trinajstić information content (AvgIpc) is 2.67. The first-order valence-corrected chi connectivity index (χ1v) is 9.98. The van der Waals surface area contributed by atoms with Crippen molar-refractivity contribution in [1.82, 2.24) is 29.7 Å². The second-order valence-electron chi connectivity index (χ2n) is 6.32. The summed E-state index contributed by atoms with van der Waals surface area (Å²) in [5.41, 5.74) is 0.896. The van der Waals surface area contributed by atoms with Crippen molar-refractivity contribution in [2.24, 2.45) is 9.98 Å². The van der Waals surface area contributed by atoms with Crippen molar-refractivity contribution in [2.75, 3.05) is 28.2 Å². The fourth-order valence-corrected chi connectivity index (χ4v) is 3.22. The van der Waals surface area contributed by atoms with Gasteiger partial charge in [0.25, 0.3) is 5.95 Å². The molecular weight excluding hydrogens is 431 g/mol. The fourth-order valence-electron chi connectivity index (χ4n) is 2.06. The zero-order chi connectivity index (χ0) is 21.0. The second-order valence-corrected chi connectivity index (χ2v) is 8.23. The molecule has 0 saturated heterocycles. The highest BCUT2D eigenvalue weighted by Crippen LogP contribution is 2.33. The second kappa shape index (κ2) is 9.34. The first kappa shape index (κ1) is 21.2. The van der Waals surface area contributed by atoms with Gasteiger partial charge in [-0.05, 0) is 18.2 Å². The molecule has 8 nitrogen and oxygen atoms in total. The van der Waals surface area contributed by atoms with Crippen LogP contribution in [0.2, 0.25) is 10.0 Å².